The number of piperidine rings is 1. The van der Waals surface area contributed by atoms with Crippen LogP contribution in [0.5, 0.6) is 0 Å². The highest BCUT2D eigenvalue weighted by Gasteiger charge is 2.49. The molecule has 1 aliphatic heterocycles. The molecule has 1 fully saturated rings. The van der Waals surface area contributed by atoms with Gasteiger partial charge in [0.15, 0.2) is 0 Å². The van der Waals surface area contributed by atoms with E-state index in [0.717, 1.165) is 18.8 Å². The van der Waals surface area contributed by atoms with Gasteiger partial charge in [0, 0.05) is 13.0 Å². The lowest BCUT2D eigenvalue weighted by atomic mass is 9.87. The summed E-state index contributed by atoms with van der Waals surface area (Å²) < 4.78 is 0.524. The molecule has 1 aromatic heterocycles. The molecule has 3 atom stereocenters. The predicted molar refractivity (Wildman–Crippen MR) is 94.0 cm³/mol. The Balaban J connectivity index is 2.54. The first-order chi connectivity index (χ1) is 11.1. The summed E-state index contributed by atoms with van der Waals surface area (Å²) in [5.41, 5.74) is -0.191. The van der Waals surface area contributed by atoms with E-state index in [-0.39, 0.29) is 11.6 Å². The zero-order valence-electron chi connectivity index (χ0n) is 14.9. The number of likely N-dealkylation sites (tertiary alicyclic amines) is 1. The van der Waals surface area contributed by atoms with Crippen LogP contribution in [-0.2, 0) is 0 Å². The number of quaternary nitrogens is 1. The molecule has 134 valence electrons. The van der Waals surface area contributed by atoms with E-state index >= 15 is 0 Å². The van der Waals surface area contributed by atoms with E-state index in [1.165, 1.54) is 0 Å². The molecule has 1 amide bonds. The molecule has 0 saturated carbocycles. The van der Waals surface area contributed by atoms with Crippen molar-refractivity contribution in [2.45, 2.75) is 45.7 Å². The van der Waals surface area contributed by atoms with Gasteiger partial charge >= 0.3 is 0 Å². The molecule has 2 N–H and O–H groups in total. The summed E-state index contributed by atoms with van der Waals surface area (Å²) in [5.74, 6) is 1.58. The van der Waals surface area contributed by atoms with Gasteiger partial charge in [-0.05, 0) is 27.2 Å². The number of carbonyl (C=O) groups is 1. The number of anilines is 1. The minimum atomic E-state index is -1.24. The Morgan fingerprint density at radius 2 is 2.04 bits per heavy atom. The lowest BCUT2D eigenvalue weighted by Gasteiger charge is -2.53. The van der Waals surface area contributed by atoms with E-state index in [1.54, 1.807) is 13.1 Å². The minimum absolute atomic E-state index is 0.190. The van der Waals surface area contributed by atoms with Gasteiger partial charge in [0.1, 0.15) is 17.8 Å². The molecule has 7 nitrogen and oxygen atoms in total. The minimum Gasteiger partial charge on any atom is -0.530 e. The fourth-order valence-corrected chi connectivity index (χ4v) is 3.88. The zero-order valence-corrected chi connectivity index (χ0v) is 15.6. The number of amides is 1. The van der Waals surface area contributed by atoms with E-state index in [0.29, 0.717) is 28.0 Å². The molecule has 2 rings (SSSR count). The quantitative estimate of drug-likeness (QED) is 0.635. The van der Waals surface area contributed by atoms with Gasteiger partial charge < -0.3 is 20.5 Å². The van der Waals surface area contributed by atoms with E-state index in [9.17, 15) is 9.90 Å². The first-order valence-corrected chi connectivity index (χ1v) is 8.53. The fraction of sp³-hybridized carbons (Fsp3) is 0.688. The molecule has 2 heterocycles. The van der Waals surface area contributed by atoms with Gasteiger partial charge in [0.2, 0.25) is 11.8 Å². The number of aromatic nitrogens is 2. The average Bonchev–Trinajstić information content (AvgIpc) is 2.43. The Hall–Kier alpha value is -1.60. The Bertz CT molecular complexity index is 619. The van der Waals surface area contributed by atoms with Crippen LogP contribution in [-0.4, -0.2) is 47.8 Å². The van der Waals surface area contributed by atoms with Gasteiger partial charge in [-0.3, -0.25) is 4.48 Å². The second kappa shape index (κ2) is 6.72. The van der Waals surface area contributed by atoms with Gasteiger partial charge in [-0.25, -0.2) is 4.98 Å². The maximum atomic E-state index is 11.0. The van der Waals surface area contributed by atoms with Crippen molar-refractivity contribution in [1.29, 1.82) is 0 Å². The molecule has 1 aromatic rings. The van der Waals surface area contributed by atoms with Crippen LogP contribution in [0.1, 0.15) is 34.1 Å². The molecule has 0 radical (unpaired) electrons. The summed E-state index contributed by atoms with van der Waals surface area (Å²) in [7, 11) is 1.75. The molecule has 24 heavy (non-hydrogen) atoms. The maximum Gasteiger partial charge on any atom is 0.234 e. The topological polar surface area (TPSA) is 90.0 Å². The third kappa shape index (κ3) is 3.72. The second-order valence-corrected chi connectivity index (χ2v) is 7.98. The van der Waals surface area contributed by atoms with Crippen LogP contribution in [0.25, 0.3) is 0 Å². The number of nitrogens with zero attached hydrogens (tertiary/aromatic N) is 3. The SMILES string of the molecule is CNc1nc(Cl)cc([N+]2(C(C)(C)C)C[C@H](C)C[C@@H](NC(=O)[O-])C2)n1. The lowest BCUT2D eigenvalue weighted by Crippen LogP contribution is -2.71. The highest BCUT2D eigenvalue weighted by Crippen LogP contribution is 2.38. The summed E-state index contributed by atoms with van der Waals surface area (Å²) in [5, 5.41) is 16.9. The van der Waals surface area contributed by atoms with Crippen LogP contribution in [0.15, 0.2) is 6.07 Å². The van der Waals surface area contributed by atoms with Gasteiger partial charge in [-0.1, -0.05) is 18.5 Å². The maximum absolute atomic E-state index is 11.0. The van der Waals surface area contributed by atoms with E-state index < -0.39 is 6.09 Å². The third-order valence-electron chi connectivity index (χ3n) is 4.79. The van der Waals surface area contributed by atoms with Gasteiger partial charge in [-0.15, -0.1) is 0 Å². The Morgan fingerprint density at radius 1 is 1.38 bits per heavy atom. The summed E-state index contributed by atoms with van der Waals surface area (Å²) in [6, 6.07) is 1.59. The molecule has 1 aliphatic rings. The van der Waals surface area contributed by atoms with Crippen molar-refractivity contribution in [3.05, 3.63) is 11.2 Å². The predicted octanol–water partition coefficient (Wildman–Crippen LogP) is 1.62. The molecule has 0 aliphatic carbocycles. The monoisotopic (exact) mass is 355 g/mol. The van der Waals surface area contributed by atoms with Crippen LogP contribution in [0, 0.1) is 5.92 Å². The molecular formula is C16H26ClN5O2. The van der Waals surface area contributed by atoms with Crippen molar-refractivity contribution >= 4 is 29.5 Å². The third-order valence-corrected chi connectivity index (χ3v) is 4.99. The molecule has 1 saturated heterocycles. The number of carboxylic acid groups (broad SMARTS) is 1. The summed E-state index contributed by atoms with van der Waals surface area (Å²) >= 11 is 6.20. The number of hydrogen-bond donors (Lipinski definition) is 2. The first-order valence-electron chi connectivity index (χ1n) is 8.15. The number of rotatable bonds is 3. The molecule has 0 spiro atoms. The number of carbonyl (C=O) groups excluding carboxylic acids is 1. The Kier molecular flexibility index (Phi) is 5.25. The molecule has 0 bridgehead atoms. The summed E-state index contributed by atoms with van der Waals surface area (Å²) in [6.45, 7) is 9.98. The Morgan fingerprint density at radius 3 is 2.58 bits per heavy atom. The van der Waals surface area contributed by atoms with Crippen molar-refractivity contribution < 1.29 is 9.90 Å². The standard InChI is InChI=1S/C16H26ClN5O2/c1-10-6-11(19-15(23)24)9-22(8-10,16(2,3)4)13-7-12(17)20-14(18-5)21-13/h7,10-11,19H,6,8-9H2,1-5H3,(H-,18,20,21,23,24)/t10-,11-,22?/m1/s1. The van der Waals surface area contributed by atoms with Gasteiger partial charge in [0.25, 0.3) is 0 Å². The highest BCUT2D eigenvalue weighted by molar-refractivity contribution is 6.29. The molecule has 0 aromatic carbocycles. The number of nitrogens with one attached hydrogen (secondary N) is 2. The van der Waals surface area contributed by atoms with Crippen molar-refractivity contribution in [1.82, 2.24) is 19.8 Å². The number of halogens is 1. The van der Waals surface area contributed by atoms with E-state index in [4.69, 9.17) is 11.6 Å². The van der Waals surface area contributed by atoms with E-state index in [1.807, 2.05) is 0 Å². The van der Waals surface area contributed by atoms with Crippen LogP contribution in [0.2, 0.25) is 5.15 Å². The average molecular weight is 356 g/mol. The zero-order chi connectivity index (χ0) is 18.1. The van der Waals surface area contributed by atoms with Gasteiger partial charge in [-0.2, -0.15) is 4.98 Å². The van der Waals surface area contributed by atoms with Crippen molar-refractivity contribution in [3.8, 4) is 0 Å². The van der Waals surface area contributed by atoms with Crippen LogP contribution in [0.3, 0.4) is 0 Å². The first kappa shape index (κ1) is 18.7. The van der Waals surface area contributed by atoms with Crippen molar-refractivity contribution in [3.63, 3.8) is 0 Å². The molecule has 1 unspecified atom stereocenters. The molecule has 8 heteroatoms. The Labute approximate surface area is 148 Å². The summed E-state index contributed by atoms with van der Waals surface area (Å²) in [4.78, 5) is 19.8. The van der Waals surface area contributed by atoms with Crippen LogP contribution < -0.4 is 20.2 Å². The van der Waals surface area contributed by atoms with Crippen molar-refractivity contribution in [2.24, 2.45) is 5.92 Å². The largest absolute Gasteiger partial charge is 0.530 e. The summed E-state index contributed by atoms with van der Waals surface area (Å²) in [6.07, 6.45) is -0.459. The number of hydrogen-bond acceptors (Lipinski definition) is 5. The van der Waals surface area contributed by atoms with Crippen LogP contribution >= 0.6 is 11.6 Å². The highest BCUT2D eigenvalue weighted by atomic mass is 35.5. The van der Waals surface area contributed by atoms with Gasteiger partial charge in [0.05, 0.1) is 24.2 Å². The normalized spacial score (nSPS) is 27.6. The van der Waals surface area contributed by atoms with Crippen LogP contribution in [0.4, 0.5) is 16.6 Å². The van der Waals surface area contributed by atoms with E-state index in [2.05, 4.69) is 48.3 Å². The smallest absolute Gasteiger partial charge is 0.234 e. The second-order valence-electron chi connectivity index (χ2n) is 7.60. The lowest BCUT2D eigenvalue weighted by molar-refractivity contribution is -0.252. The fourth-order valence-electron chi connectivity index (χ4n) is 3.70. The molecular weight excluding hydrogens is 330 g/mol. The van der Waals surface area contributed by atoms with Crippen molar-refractivity contribution in [2.75, 3.05) is 25.5 Å².